The van der Waals surface area contributed by atoms with E-state index in [0.29, 0.717) is 12.2 Å². The van der Waals surface area contributed by atoms with Gasteiger partial charge in [-0.1, -0.05) is 0 Å². The molecule has 0 fully saturated rings. The lowest BCUT2D eigenvalue weighted by molar-refractivity contribution is 0.326. The summed E-state index contributed by atoms with van der Waals surface area (Å²) in [5, 5.41) is 8.90. The number of rotatable bonds is 0. The molecule has 0 bridgehead atoms. The Morgan fingerprint density at radius 1 is 1.35 bits per heavy atom. The average molecular weight is 306 g/mol. The molecule has 0 atom stereocenters. The second-order valence-corrected chi connectivity index (χ2v) is 6.26. The summed E-state index contributed by atoms with van der Waals surface area (Å²) < 4.78 is 6.85. The maximum absolute atomic E-state index is 8.90. The molecule has 84 valence electrons. The SMILES string of the molecule is N#Cc1ccc2c(c1)OCCc1cc(Br)sc1-2. The molecule has 0 aliphatic carbocycles. The van der Waals surface area contributed by atoms with Crippen LogP contribution < -0.4 is 4.74 Å². The summed E-state index contributed by atoms with van der Waals surface area (Å²) in [5.41, 5.74) is 3.04. The summed E-state index contributed by atoms with van der Waals surface area (Å²) in [7, 11) is 0. The van der Waals surface area contributed by atoms with Crippen LogP contribution in [0.1, 0.15) is 11.1 Å². The fraction of sp³-hybridized carbons (Fsp3) is 0.154. The summed E-state index contributed by atoms with van der Waals surface area (Å²) in [6.07, 6.45) is 0.911. The van der Waals surface area contributed by atoms with Crippen molar-refractivity contribution in [2.24, 2.45) is 0 Å². The second kappa shape index (κ2) is 4.17. The molecule has 0 saturated heterocycles. The van der Waals surface area contributed by atoms with E-state index in [9.17, 15) is 0 Å². The van der Waals surface area contributed by atoms with Crippen molar-refractivity contribution in [3.8, 4) is 22.3 Å². The predicted octanol–water partition coefficient (Wildman–Crippen LogP) is 3.98. The fourth-order valence-electron chi connectivity index (χ4n) is 1.98. The lowest BCUT2D eigenvalue weighted by Crippen LogP contribution is -1.98. The summed E-state index contributed by atoms with van der Waals surface area (Å²) in [4.78, 5) is 1.24. The van der Waals surface area contributed by atoms with Gasteiger partial charge in [0, 0.05) is 16.9 Å². The maximum atomic E-state index is 8.90. The molecule has 0 radical (unpaired) electrons. The van der Waals surface area contributed by atoms with E-state index in [1.165, 1.54) is 10.4 Å². The molecule has 2 aromatic rings. The molecule has 17 heavy (non-hydrogen) atoms. The Kier molecular flexibility index (Phi) is 2.65. The molecule has 1 aromatic carbocycles. The van der Waals surface area contributed by atoms with E-state index in [1.54, 1.807) is 11.3 Å². The zero-order valence-electron chi connectivity index (χ0n) is 8.87. The first-order valence-electron chi connectivity index (χ1n) is 5.23. The van der Waals surface area contributed by atoms with Gasteiger partial charge in [0.15, 0.2) is 0 Å². The van der Waals surface area contributed by atoms with Crippen LogP contribution in [0.2, 0.25) is 0 Å². The molecular weight excluding hydrogens is 298 g/mol. The normalized spacial score (nSPS) is 12.9. The first kappa shape index (κ1) is 10.8. The number of nitriles is 1. The van der Waals surface area contributed by atoms with Crippen LogP contribution in [0.25, 0.3) is 10.4 Å². The Morgan fingerprint density at radius 3 is 3.06 bits per heavy atom. The van der Waals surface area contributed by atoms with Gasteiger partial charge in [-0.2, -0.15) is 5.26 Å². The van der Waals surface area contributed by atoms with Crippen molar-refractivity contribution in [3.05, 3.63) is 39.2 Å². The van der Waals surface area contributed by atoms with E-state index in [4.69, 9.17) is 10.00 Å². The highest BCUT2D eigenvalue weighted by molar-refractivity contribution is 9.11. The van der Waals surface area contributed by atoms with Crippen molar-refractivity contribution in [1.82, 2.24) is 0 Å². The number of hydrogen-bond donors (Lipinski definition) is 0. The molecule has 1 aromatic heterocycles. The highest BCUT2D eigenvalue weighted by Crippen LogP contribution is 2.42. The number of nitrogens with zero attached hydrogens (tertiary/aromatic N) is 1. The molecule has 1 aliphatic heterocycles. The zero-order chi connectivity index (χ0) is 11.8. The number of benzene rings is 1. The standard InChI is InChI=1S/C13H8BrNOS/c14-12-6-9-3-4-16-11-5-8(7-15)1-2-10(11)13(9)17-12/h1-2,5-6H,3-4H2. The van der Waals surface area contributed by atoms with Crippen LogP contribution in [0.3, 0.4) is 0 Å². The van der Waals surface area contributed by atoms with E-state index < -0.39 is 0 Å². The Balaban J connectivity index is 2.22. The predicted molar refractivity (Wildman–Crippen MR) is 71.4 cm³/mol. The lowest BCUT2D eigenvalue weighted by Gasteiger charge is -2.06. The lowest BCUT2D eigenvalue weighted by atomic mass is 10.1. The van der Waals surface area contributed by atoms with Crippen LogP contribution in [0.15, 0.2) is 28.1 Å². The highest BCUT2D eigenvalue weighted by Gasteiger charge is 2.18. The smallest absolute Gasteiger partial charge is 0.129 e. The van der Waals surface area contributed by atoms with Gasteiger partial charge < -0.3 is 4.74 Å². The molecule has 0 spiro atoms. The number of fused-ring (bicyclic) bond motifs is 3. The fourth-order valence-corrected chi connectivity index (χ4v) is 3.71. The molecular formula is C13H8BrNOS. The summed E-state index contributed by atoms with van der Waals surface area (Å²) >= 11 is 5.24. The van der Waals surface area contributed by atoms with Gasteiger partial charge in [0.2, 0.25) is 0 Å². The molecule has 0 N–H and O–H groups in total. The van der Waals surface area contributed by atoms with Crippen molar-refractivity contribution in [1.29, 1.82) is 5.26 Å². The number of thiophene rings is 1. The van der Waals surface area contributed by atoms with Gasteiger partial charge >= 0.3 is 0 Å². The molecule has 0 amide bonds. The van der Waals surface area contributed by atoms with Crippen LogP contribution in [-0.4, -0.2) is 6.61 Å². The van der Waals surface area contributed by atoms with E-state index in [-0.39, 0.29) is 0 Å². The molecule has 4 heteroatoms. The third-order valence-corrected chi connectivity index (χ3v) is 4.48. The minimum absolute atomic E-state index is 0.642. The van der Waals surface area contributed by atoms with Gasteiger partial charge in [0.05, 0.1) is 22.0 Å². The zero-order valence-corrected chi connectivity index (χ0v) is 11.3. The van der Waals surface area contributed by atoms with Crippen molar-refractivity contribution in [2.45, 2.75) is 6.42 Å². The van der Waals surface area contributed by atoms with Crippen LogP contribution in [0.5, 0.6) is 5.75 Å². The summed E-state index contributed by atoms with van der Waals surface area (Å²) in [6, 6.07) is 9.92. The van der Waals surface area contributed by atoms with Crippen LogP contribution in [-0.2, 0) is 6.42 Å². The number of hydrogen-bond acceptors (Lipinski definition) is 3. The summed E-state index contributed by atoms with van der Waals surface area (Å²) in [5.74, 6) is 0.817. The van der Waals surface area contributed by atoms with E-state index >= 15 is 0 Å². The first-order valence-corrected chi connectivity index (χ1v) is 6.84. The van der Waals surface area contributed by atoms with Gasteiger partial charge in [-0.25, -0.2) is 0 Å². The van der Waals surface area contributed by atoms with Gasteiger partial charge in [0.1, 0.15) is 5.75 Å². The monoisotopic (exact) mass is 305 g/mol. The molecule has 2 heterocycles. The largest absolute Gasteiger partial charge is 0.493 e. The van der Waals surface area contributed by atoms with Crippen LogP contribution >= 0.6 is 27.3 Å². The topological polar surface area (TPSA) is 33.0 Å². The second-order valence-electron chi connectivity index (χ2n) is 3.83. The van der Waals surface area contributed by atoms with Crippen LogP contribution in [0.4, 0.5) is 0 Å². The molecule has 3 rings (SSSR count). The highest BCUT2D eigenvalue weighted by atomic mass is 79.9. The first-order chi connectivity index (χ1) is 8.28. The molecule has 1 aliphatic rings. The van der Waals surface area contributed by atoms with Crippen molar-refractivity contribution in [2.75, 3.05) is 6.61 Å². The van der Waals surface area contributed by atoms with Crippen molar-refractivity contribution >= 4 is 27.3 Å². The van der Waals surface area contributed by atoms with Crippen molar-refractivity contribution < 1.29 is 4.74 Å². The number of halogens is 1. The van der Waals surface area contributed by atoms with Crippen molar-refractivity contribution in [3.63, 3.8) is 0 Å². The molecule has 2 nitrogen and oxygen atoms in total. The third kappa shape index (κ3) is 1.86. The van der Waals surface area contributed by atoms with Gasteiger partial charge in [0.25, 0.3) is 0 Å². The van der Waals surface area contributed by atoms with Gasteiger partial charge in [-0.3, -0.25) is 0 Å². The number of ether oxygens (including phenoxy) is 1. The Hall–Kier alpha value is -1.31. The van der Waals surface area contributed by atoms with E-state index in [1.807, 2.05) is 18.2 Å². The maximum Gasteiger partial charge on any atom is 0.129 e. The Bertz CT molecular complexity index is 627. The molecule has 0 saturated carbocycles. The van der Waals surface area contributed by atoms with E-state index in [2.05, 4.69) is 28.1 Å². The Morgan fingerprint density at radius 2 is 2.24 bits per heavy atom. The van der Waals surface area contributed by atoms with Gasteiger partial charge in [-0.05, 0) is 45.8 Å². The Labute approximate surface area is 112 Å². The average Bonchev–Trinajstić information content (AvgIpc) is 2.62. The molecule has 0 unspecified atom stereocenters. The van der Waals surface area contributed by atoms with Gasteiger partial charge in [-0.15, -0.1) is 11.3 Å². The van der Waals surface area contributed by atoms with E-state index in [0.717, 1.165) is 21.5 Å². The minimum atomic E-state index is 0.642. The third-order valence-electron chi connectivity index (χ3n) is 2.76. The summed E-state index contributed by atoms with van der Waals surface area (Å²) in [6.45, 7) is 0.665. The minimum Gasteiger partial charge on any atom is -0.493 e. The van der Waals surface area contributed by atoms with Crippen LogP contribution in [0, 0.1) is 11.3 Å². The quantitative estimate of drug-likeness (QED) is 0.737.